The lowest BCUT2D eigenvalue weighted by Crippen LogP contribution is -2.28. The van der Waals surface area contributed by atoms with Crippen LogP contribution in [-0.2, 0) is 6.54 Å². The van der Waals surface area contributed by atoms with E-state index >= 15 is 0 Å². The summed E-state index contributed by atoms with van der Waals surface area (Å²) in [5, 5.41) is 18.7. The van der Waals surface area contributed by atoms with Gasteiger partial charge in [-0.3, -0.25) is 5.32 Å². The van der Waals surface area contributed by atoms with Crippen molar-refractivity contribution in [3.8, 4) is 0 Å². The molecule has 2 heterocycles. The molecule has 0 aromatic carbocycles. The molecule has 100 valence electrons. The zero-order valence-corrected chi connectivity index (χ0v) is 11.6. The number of nitrogens with zero attached hydrogens (tertiary/aromatic N) is 1. The number of thiazole rings is 1. The molecule has 0 bridgehead atoms. The van der Waals surface area contributed by atoms with E-state index in [-0.39, 0.29) is 5.56 Å². The average molecular weight is 297 g/mol. The van der Waals surface area contributed by atoms with Gasteiger partial charge in [-0.1, -0.05) is 0 Å². The lowest BCUT2D eigenvalue weighted by Gasteiger charge is -2.05. The van der Waals surface area contributed by atoms with Crippen molar-refractivity contribution in [2.75, 3.05) is 5.32 Å². The van der Waals surface area contributed by atoms with Crippen molar-refractivity contribution in [1.29, 1.82) is 0 Å². The van der Waals surface area contributed by atoms with Crippen LogP contribution in [0.1, 0.15) is 21.1 Å². The Balaban J connectivity index is 1.90. The summed E-state index contributed by atoms with van der Waals surface area (Å²) in [7, 11) is 0. The smallest absolute Gasteiger partial charge is 0.338 e. The van der Waals surface area contributed by atoms with Gasteiger partial charge in [-0.2, -0.15) is 0 Å². The van der Waals surface area contributed by atoms with Crippen LogP contribution >= 0.6 is 22.7 Å². The highest BCUT2D eigenvalue weighted by Crippen LogP contribution is 2.22. The number of carboxylic acid groups (broad SMARTS) is 1. The first kappa shape index (κ1) is 13.5. The van der Waals surface area contributed by atoms with E-state index in [1.54, 1.807) is 5.38 Å². The third-order valence-corrected chi connectivity index (χ3v) is 3.99. The van der Waals surface area contributed by atoms with E-state index in [1.807, 2.05) is 12.3 Å². The standard InChI is InChI=1S/C11H11N3O3S2/c1-6-5-19-8(13-6)4-12-11(17)14-9-7(10(15)16)2-3-18-9/h2-3,5H,4H2,1H3,(H,15,16)(H2,12,14,17). The fourth-order valence-corrected chi connectivity index (χ4v) is 2.85. The molecule has 0 aliphatic rings. The number of carboxylic acids is 1. The molecule has 0 atom stereocenters. The highest BCUT2D eigenvalue weighted by atomic mass is 32.1. The summed E-state index contributed by atoms with van der Waals surface area (Å²) in [6, 6.07) is 1.00. The van der Waals surface area contributed by atoms with Crippen LogP contribution in [0.25, 0.3) is 0 Å². The molecule has 0 spiro atoms. The van der Waals surface area contributed by atoms with Gasteiger partial charge < -0.3 is 10.4 Å². The third kappa shape index (κ3) is 3.52. The largest absolute Gasteiger partial charge is 0.478 e. The van der Waals surface area contributed by atoms with Crippen LogP contribution in [0.3, 0.4) is 0 Å². The number of aromatic nitrogens is 1. The first-order valence-electron chi connectivity index (χ1n) is 5.33. The van der Waals surface area contributed by atoms with E-state index < -0.39 is 12.0 Å². The molecule has 0 saturated heterocycles. The summed E-state index contributed by atoms with van der Waals surface area (Å²) >= 11 is 2.63. The molecule has 0 saturated carbocycles. The second-order valence-electron chi connectivity index (χ2n) is 3.66. The number of anilines is 1. The van der Waals surface area contributed by atoms with E-state index in [0.717, 1.165) is 10.7 Å². The molecule has 0 unspecified atom stereocenters. The van der Waals surface area contributed by atoms with E-state index in [9.17, 15) is 9.59 Å². The van der Waals surface area contributed by atoms with Crippen molar-refractivity contribution >= 4 is 39.7 Å². The molecule has 2 aromatic heterocycles. The Morgan fingerprint density at radius 2 is 2.21 bits per heavy atom. The lowest BCUT2D eigenvalue weighted by atomic mass is 10.3. The maximum absolute atomic E-state index is 11.6. The molecule has 0 aliphatic carbocycles. The second kappa shape index (κ2) is 5.81. The van der Waals surface area contributed by atoms with Crippen LogP contribution in [0.2, 0.25) is 0 Å². The first-order chi connectivity index (χ1) is 9.06. The van der Waals surface area contributed by atoms with Crippen molar-refractivity contribution < 1.29 is 14.7 Å². The quantitative estimate of drug-likeness (QED) is 0.808. The summed E-state index contributed by atoms with van der Waals surface area (Å²) in [5.74, 6) is -1.06. The van der Waals surface area contributed by atoms with E-state index in [4.69, 9.17) is 5.11 Å². The van der Waals surface area contributed by atoms with Crippen molar-refractivity contribution in [2.24, 2.45) is 0 Å². The van der Waals surface area contributed by atoms with Crippen molar-refractivity contribution in [3.05, 3.63) is 33.1 Å². The molecule has 3 N–H and O–H groups in total. The number of aryl methyl sites for hydroxylation is 1. The number of aromatic carboxylic acids is 1. The average Bonchev–Trinajstić information content (AvgIpc) is 2.95. The van der Waals surface area contributed by atoms with Crippen LogP contribution in [-0.4, -0.2) is 22.1 Å². The van der Waals surface area contributed by atoms with Gasteiger partial charge in [0.05, 0.1) is 12.1 Å². The van der Waals surface area contributed by atoms with Crippen LogP contribution in [0.4, 0.5) is 9.80 Å². The van der Waals surface area contributed by atoms with Gasteiger partial charge in [0.25, 0.3) is 0 Å². The summed E-state index contributed by atoms with van der Waals surface area (Å²) < 4.78 is 0. The minimum absolute atomic E-state index is 0.0882. The van der Waals surface area contributed by atoms with Crippen molar-refractivity contribution in [2.45, 2.75) is 13.5 Å². The van der Waals surface area contributed by atoms with Crippen LogP contribution < -0.4 is 10.6 Å². The Kier molecular flexibility index (Phi) is 4.13. The summed E-state index contributed by atoms with van der Waals surface area (Å²) in [6.07, 6.45) is 0. The summed E-state index contributed by atoms with van der Waals surface area (Å²) in [5.41, 5.74) is 0.999. The van der Waals surface area contributed by atoms with Crippen LogP contribution in [0, 0.1) is 6.92 Å². The Labute approximate surface area is 117 Å². The lowest BCUT2D eigenvalue weighted by molar-refractivity contribution is 0.0698. The number of carbonyl (C=O) groups is 2. The SMILES string of the molecule is Cc1csc(CNC(=O)Nc2sccc2C(=O)O)n1. The topological polar surface area (TPSA) is 91.3 Å². The predicted octanol–water partition coefficient (Wildman–Crippen LogP) is 2.53. The number of amides is 2. The minimum atomic E-state index is -1.06. The number of carbonyl (C=O) groups excluding carboxylic acids is 1. The number of rotatable bonds is 4. The Bertz CT molecular complexity index is 606. The molecular weight excluding hydrogens is 286 g/mol. The van der Waals surface area contributed by atoms with E-state index in [0.29, 0.717) is 11.5 Å². The maximum atomic E-state index is 11.6. The Morgan fingerprint density at radius 3 is 2.84 bits per heavy atom. The molecule has 2 aromatic rings. The van der Waals surface area contributed by atoms with Gasteiger partial charge in [0.1, 0.15) is 10.0 Å². The first-order valence-corrected chi connectivity index (χ1v) is 7.09. The minimum Gasteiger partial charge on any atom is -0.478 e. The van der Waals surface area contributed by atoms with E-state index in [1.165, 1.54) is 28.7 Å². The molecular formula is C11H11N3O3S2. The van der Waals surface area contributed by atoms with Gasteiger partial charge in [0.2, 0.25) is 0 Å². The van der Waals surface area contributed by atoms with Gasteiger partial charge in [-0.05, 0) is 18.4 Å². The fraction of sp³-hybridized carbons (Fsp3) is 0.182. The summed E-state index contributed by atoms with van der Waals surface area (Å²) in [6.45, 7) is 2.20. The van der Waals surface area contributed by atoms with Gasteiger partial charge in [-0.25, -0.2) is 14.6 Å². The number of hydrogen-bond acceptors (Lipinski definition) is 5. The molecule has 0 radical (unpaired) electrons. The second-order valence-corrected chi connectivity index (χ2v) is 5.52. The van der Waals surface area contributed by atoms with Crippen molar-refractivity contribution in [3.63, 3.8) is 0 Å². The molecule has 2 amide bonds. The zero-order valence-electron chi connectivity index (χ0n) is 9.97. The highest BCUT2D eigenvalue weighted by Gasteiger charge is 2.13. The molecule has 0 fully saturated rings. The number of thiophene rings is 1. The zero-order chi connectivity index (χ0) is 13.8. The maximum Gasteiger partial charge on any atom is 0.338 e. The molecule has 8 heteroatoms. The van der Waals surface area contributed by atoms with Gasteiger partial charge in [0, 0.05) is 11.1 Å². The fourth-order valence-electron chi connectivity index (χ4n) is 1.36. The van der Waals surface area contributed by atoms with Gasteiger partial charge >= 0.3 is 12.0 Å². The Hall–Kier alpha value is -1.93. The van der Waals surface area contributed by atoms with Gasteiger partial charge in [-0.15, -0.1) is 22.7 Å². The number of nitrogens with one attached hydrogen (secondary N) is 2. The van der Waals surface area contributed by atoms with Crippen LogP contribution in [0.15, 0.2) is 16.8 Å². The number of hydrogen-bond donors (Lipinski definition) is 3. The molecule has 2 rings (SSSR count). The van der Waals surface area contributed by atoms with Gasteiger partial charge in [0.15, 0.2) is 0 Å². The highest BCUT2D eigenvalue weighted by molar-refractivity contribution is 7.14. The Morgan fingerprint density at radius 1 is 1.42 bits per heavy atom. The third-order valence-electron chi connectivity index (χ3n) is 2.19. The molecule has 6 nitrogen and oxygen atoms in total. The van der Waals surface area contributed by atoms with Crippen molar-refractivity contribution in [1.82, 2.24) is 10.3 Å². The van der Waals surface area contributed by atoms with E-state index in [2.05, 4.69) is 15.6 Å². The molecule has 19 heavy (non-hydrogen) atoms. The summed E-state index contributed by atoms with van der Waals surface area (Å²) in [4.78, 5) is 26.7. The normalized spacial score (nSPS) is 10.2. The predicted molar refractivity (Wildman–Crippen MR) is 74.0 cm³/mol. The molecule has 0 aliphatic heterocycles. The van der Waals surface area contributed by atoms with Crippen LogP contribution in [0.5, 0.6) is 0 Å². The number of urea groups is 1. The monoisotopic (exact) mass is 297 g/mol.